The Labute approximate surface area is 142 Å². The fraction of sp³-hybridized carbons (Fsp3) is 0.533. The van der Waals surface area contributed by atoms with Crippen molar-refractivity contribution < 1.29 is 4.79 Å². The van der Waals surface area contributed by atoms with Crippen molar-refractivity contribution in [2.75, 3.05) is 13.1 Å². The largest absolute Gasteiger partial charge is 0.342 e. The van der Waals surface area contributed by atoms with Gasteiger partial charge in [-0.2, -0.15) is 0 Å². The third kappa shape index (κ3) is 5.03. The maximum absolute atomic E-state index is 12.3. The van der Waals surface area contributed by atoms with Gasteiger partial charge in [0.25, 0.3) is 0 Å². The van der Waals surface area contributed by atoms with Crippen LogP contribution in [0.25, 0.3) is 0 Å². The lowest BCUT2D eigenvalue weighted by Crippen LogP contribution is -2.43. The molecule has 1 aliphatic rings. The van der Waals surface area contributed by atoms with E-state index in [1.807, 2.05) is 17.9 Å². The van der Waals surface area contributed by atoms with Gasteiger partial charge in [-0.05, 0) is 43.4 Å². The molecular weight excluding hydrogens is 331 g/mol. The van der Waals surface area contributed by atoms with Gasteiger partial charge < -0.3 is 10.6 Å². The molecule has 1 atom stereocenters. The highest BCUT2D eigenvalue weighted by molar-refractivity contribution is 6.35. The van der Waals surface area contributed by atoms with E-state index >= 15 is 0 Å². The van der Waals surface area contributed by atoms with Crippen LogP contribution in [-0.2, 0) is 11.2 Å². The number of carbonyl (C=O) groups excluding carboxylic acids is 1. The molecule has 1 saturated heterocycles. The van der Waals surface area contributed by atoms with Crippen molar-refractivity contribution in [3.63, 3.8) is 0 Å². The van der Waals surface area contributed by atoms with E-state index < -0.39 is 0 Å². The minimum absolute atomic E-state index is 0. The standard InChI is InChI=1S/C15H20Cl2N2O.ClH/c1-10(18)11-4-6-19(7-5-11)15(20)8-12-2-3-13(16)9-14(12)17;/h2-3,9-11H,4-8,18H2,1H3;1H. The quantitative estimate of drug-likeness (QED) is 0.905. The second-order valence-corrected chi connectivity index (χ2v) is 6.33. The maximum Gasteiger partial charge on any atom is 0.227 e. The van der Waals surface area contributed by atoms with Gasteiger partial charge in [0.2, 0.25) is 5.91 Å². The molecule has 1 unspecified atom stereocenters. The van der Waals surface area contributed by atoms with Gasteiger partial charge in [0, 0.05) is 29.2 Å². The van der Waals surface area contributed by atoms with Crippen LogP contribution in [0.3, 0.4) is 0 Å². The third-order valence-electron chi connectivity index (χ3n) is 3.99. The predicted octanol–water partition coefficient (Wildman–Crippen LogP) is 3.54. The summed E-state index contributed by atoms with van der Waals surface area (Å²) >= 11 is 12.0. The maximum atomic E-state index is 12.3. The highest BCUT2D eigenvalue weighted by atomic mass is 35.5. The number of hydrogen-bond acceptors (Lipinski definition) is 2. The van der Waals surface area contributed by atoms with Crippen LogP contribution in [0, 0.1) is 5.92 Å². The topological polar surface area (TPSA) is 46.3 Å². The first-order chi connectivity index (χ1) is 9.47. The SMILES string of the molecule is CC(N)C1CCN(C(=O)Cc2ccc(Cl)cc2Cl)CC1.Cl. The highest BCUT2D eigenvalue weighted by Gasteiger charge is 2.25. The molecule has 1 fully saturated rings. The zero-order valence-corrected chi connectivity index (χ0v) is 14.3. The predicted molar refractivity (Wildman–Crippen MR) is 90.4 cm³/mol. The van der Waals surface area contributed by atoms with E-state index in [1.165, 1.54) is 0 Å². The number of nitrogens with two attached hydrogens (primary N) is 1. The second-order valence-electron chi connectivity index (χ2n) is 5.49. The molecule has 0 saturated carbocycles. The highest BCUT2D eigenvalue weighted by Crippen LogP contribution is 2.24. The van der Waals surface area contributed by atoms with Crippen molar-refractivity contribution in [1.82, 2.24) is 4.90 Å². The molecule has 3 nitrogen and oxygen atoms in total. The zero-order valence-electron chi connectivity index (χ0n) is 12.0. The van der Waals surface area contributed by atoms with E-state index in [1.54, 1.807) is 12.1 Å². The van der Waals surface area contributed by atoms with Crippen LogP contribution < -0.4 is 5.73 Å². The number of halogens is 3. The molecule has 118 valence electrons. The van der Waals surface area contributed by atoms with Crippen LogP contribution >= 0.6 is 35.6 Å². The summed E-state index contributed by atoms with van der Waals surface area (Å²) in [6.07, 6.45) is 2.30. The van der Waals surface area contributed by atoms with Crippen LogP contribution in [-0.4, -0.2) is 29.9 Å². The number of piperidine rings is 1. The molecule has 1 aliphatic heterocycles. The first-order valence-corrected chi connectivity index (χ1v) is 7.70. The minimum atomic E-state index is 0. The van der Waals surface area contributed by atoms with E-state index in [9.17, 15) is 4.79 Å². The van der Waals surface area contributed by atoms with Gasteiger partial charge >= 0.3 is 0 Å². The molecule has 1 aromatic carbocycles. The summed E-state index contributed by atoms with van der Waals surface area (Å²) in [4.78, 5) is 14.2. The Morgan fingerprint density at radius 2 is 2.00 bits per heavy atom. The number of amides is 1. The molecule has 0 aliphatic carbocycles. The summed E-state index contributed by atoms with van der Waals surface area (Å²) in [7, 11) is 0. The number of likely N-dealkylation sites (tertiary alicyclic amines) is 1. The molecule has 0 bridgehead atoms. The average Bonchev–Trinajstić information content (AvgIpc) is 2.42. The molecule has 0 radical (unpaired) electrons. The first-order valence-electron chi connectivity index (χ1n) is 6.94. The van der Waals surface area contributed by atoms with Gasteiger partial charge in [-0.3, -0.25) is 4.79 Å². The van der Waals surface area contributed by atoms with Crippen LogP contribution in [0.5, 0.6) is 0 Å². The van der Waals surface area contributed by atoms with Crippen molar-refractivity contribution in [1.29, 1.82) is 0 Å². The van der Waals surface area contributed by atoms with Crippen LogP contribution in [0.4, 0.5) is 0 Å². The first kappa shape index (κ1) is 18.6. The Hall–Kier alpha value is -0.480. The van der Waals surface area contributed by atoms with Crippen molar-refractivity contribution in [3.05, 3.63) is 33.8 Å². The Morgan fingerprint density at radius 3 is 2.52 bits per heavy atom. The van der Waals surface area contributed by atoms with E-state index in [4.69, 9.17) is 28.9 Å². The van der Waals surface area contributed by atoms with Crippen molar-refractivity contribution in [2.45, 2.75) is 32.2 Å². The van der Waals surface area contributed by atoms with E-state index in [0.717, 1.165) is 31.5 Å². The van der Waals surface area contributed by atoms with Crippen molar-refractivity contribution in [2.24, 2.45) is 11.7 Å². The number of rotatable bonds is 3. The summed E-state index contributed by atoms with van der Waals surface area (Å²) in [6.45, 7) is 3.61. The van der Waals surface area contributed by atoms with E-state index in [0.29, 0.717) is 22.4 Å². The smallest absolute Gasteiger partial charge is 0.227 e. The summed E-state index contributed by atoms with van der Waals surface area (Å²) in [5, 5.41) is 1.14. The summed E-state index contributed by atoms with van der Waals surface area (Å²) in [6, 6.07) is 5.46. The Morgan fingerprint density at radius 1 is 1.38 bits per heavy atom. The monoisotopic (exact) mass is 350 g/mol. The summed E-state index contributed by atoms with van der Waals surface area (Å²) in [5.41, 5.74) is 6.74. The van der Waals surface area contributed by atoms with Crippen LogP contribution in [0.15, 0.2) is 18.2 Å². The van der Waals surface area contributed by atoms with Crippen molar-refractivity contribution >= 4 is 41.5 Å². The normalized spacial score (nSPS) is 17.2. The number of nitrogens with zero attached hydrogens (tertiary/aromatic N) is 1. The van der Waals surface area contributed by atoms with E-state index in [2.05, 4.69) is 0 Å². The molecule has 6 heteroatoms. The third-order valence-corrected chi connectivity index (χ3v) is 4.58. The molecule has 1 aromatic rings. The Kier molecular flexibility index (Phi) is 7.28. The minimum Gasteiger partial charge on any atom is -0.342 e. The van der Waals surface area contributed by atoms with Gasteiger partial charge in [0.05, 0.1) is 6.42 Å². The second kappa shape index (κ2) is 8.23. The zero-order chi connectivity index (χ0) is 14.7. The van der Waals surface area contributed by atoms with Crippen LogP contribution in [0.2, 0.25) is 10.0 Å². The number of benzene rings is 1. The molecule has 1 heterocycles. The number of hydrogen-bond donors (Lipinski definition) is 1. The Balaban J connectivity index is 0.00000220. The molecule has 0 spiro atoms. The van der Waals surface area contributed by atoms with Crippen LogP contribution in [0.1, 0.15) is 25.3 Å². The molecular formula is C15H21Cl3N2O. The van der Waals surface area contributed by atoms with Gasteiger partial charge in [-0.1, -0.05) is 29.3 Å². The van der Waals surface area contributed by atoms with Gasteiger partial charge in [-0.15, -0.1) is 12.4 Å². The fourth-order valence-electron chi connectivity index (χ4n) is 2.61. The number of carbonyl (C=O) groups is 1. The lowest BCUT2D eigenvalue weighted by Gasteiger charge is -2.33. The fourth-order valence-corrected chi connectivity index (χ4v) is 3.09. The Bertz CT molecular complexity index is 486. The average molecular weight is 352 g/mol. The summed E-state index contributed by atoms with van der Waals surface area (Å²) in [5.74, 6) is 0.649. The molecule has 0 aromatic heterocycles. The molecule has 2 N–H and O–H groups in total. The molecule has 21 heavy (non-hydrogen) atoms. The van der Waals surface area contributed by atoms with Gasteiger partial charge in [0.15, 0.2) is 0 Å². The van der Waals surface area contributed by atoms with Crippen molar-refractivity contribution in [3.8, 4) is 0 Å². The molecule has 1 amide bonds. The van der Waals surface area contributed by atoms with Gasteiger partial charge in [-0.25, -0.2) is 0 Å². The van der Waals surface area contributed by atoms with Gasteiger partial charge in [0.1, 0.15) is 0 Å². The molecule has 2 rings (SSSR count). The lowest BCUT2D eigenvalue weighted by atomic mass is 9.91. The summed E-state index contributed by atoms with van der Waals surface area (Å²) < 4.78 is 0. The lowest BCUT2D eigenvalue weighted by molar-refractivity contribution is -0.131. The van der Waals surface area contributed by atoms with E-state index in [-0.39, 0.29) is 24.4 Å².